The Balaban J connectivity index is 2.03. The molecule has 1 atom stereocenters. The molecule has 0 saturated heterocycles. The summed E-state index contributed by atoms with van der Waals surface area (Å²) in [5.41, 5.74) is 3.98. The smallest absolute Gasteiger partial charge is 0.337 e. The lowest BCUT2D eigenvalue weighted by Crippen LogP contribution is -2.30. The zero-order valence-electron chi connectivity index (χ0n) is 15.5. The van der Waals surface area contributed by atoms with Gasteiger partial charge in [-0.15, -0.1) is 0 Å². The second-order valence-electron chi connectivity index (χ2n) is 6.12. The molecule has 1 N–H and O–H groups in total. The first-order valence-electron chi connectivity index (χ1n) is 9.02. The first-order chi connectivity index (χ1) is 12.7. The number of esters is 1. The van der Waals surface area contributed by atoms with Gasteiger partial charge in [-0.25, -0.2) is 4.79 Å². The minimum absolute atomic E-state index is 0.00163. The van der Waals surface area contributed by atoms with Gasteiger partial charge < -0.3 is 19.5 Å². The van der Waals surface area contributed by atoms with Crippen molar-refractivity contribution in [3.05, 3.63) is 58.7 Å². The maximum atomic E-state index is 11.9. The average Bonchev–Trinajstić information content (AvgIpc) is 2.68. The summed E-state index contributed by atoms with van der Waals surface area (Å²) >= 11 is 0. The molecule has 0 fully saturated rings. The van der Waals surface area contributed by atoms with E-state index >= 15 is 0 Å². The standard InChI is InChI=1S/C21H25NO4/c1-4-25-18-12-14-9-10-22-20(17(14)13-19(18)26-5-2)15-7-6-8-16(11-15)21(23)24-3/h6-8,11-13,20,22H,4-5,9-10H2,1-3H3/t20-/m0/s1. The van der Waals surface area contributed by atoms with E-state index in [0.29, 0.717) is 18.8 Å². The van der Waals surface area contributed by atoms with Crippen molar-refractivity contribution in [3.63, 3.8) is 0 Å². The topological polar surface area (TPSA) is 56.8 Å². The molecule has 0 saturated carbocycles. The predicted octanol–water partition coefficient (Wildman–Crippen LogP) is 3.51. The Morgan fingerprint density at radius 1 is 1.12 bits per heavy atom. The lowest BCUT2D eigenvalue weighted by molar-refractivity contribution is 0.0600. The Morgan fingerprint density at radius 3 is 2.54 bits per heavy atom. The van der Waals surface area contributed by atoms with E-state index in [0.717, 1.165) is 35.6 Å². The van der Waals surface area contributed by atoms with Crippen LogP contribution in [0.15, 0.2) is 36.4 Å². The highest BCUT2D eigenvalue weighted by Gasteiger charge is 2.24. The van der Waals surface area contributed by atoms with Crippen molar-refractivity contribution in [2.75, 3.05) is 26.9 Å². The molecule has 1 aliphatic heterocycles. The molecule has 0 amide bonds. The number of carbonyl (C=O) groups excluding carboxylic acids is 1. The molecule has 3 rings (SSSR count). The number of benzene rings is 2. The van der Waals surface area contributed by atoms with Crippen LogP contribution in [0.25, 0.3) is 0 Å². The van der Waals surface area contributed by atoms with Crippen LogP contribution in [0.4, 0.5) is 0 Å². The number of nitrogens with one attached hydrogen (secondary N) is 1. The van der Waals surface area contributed by atoms with Crippen molar-refractivity contribution in [1.29, 1.82) is 0 Å². The highest BCUT2D eigenvalue weighted by atomic mass is 16.5. The zero-order chi connectivity index (χ0) is 18.5. The van der Waals surface area contributed by atoms with Crippen LogP contribution in [0.1, 0.15) is 46.9 Å². The molecule has 1 heterocycles. The number of methoxy groups -OCH3 is 1. The van der Waals surface area contributed by atoms with Crippen molar-refractivity contribution >= 4 is 5.97 Å². The number of ether oxygens (including phenoxy) is 3. The van der Waals surface area contributed by atoms with Gasteiger partial charge in [0.2, 0.25) is 0 Å². The Kier molecular flexibility index (Phi) is 5.78. The quantitative estimate of drug-likeness (QED) is 0.804. The SMILES string of the molecule is CCOc1cc2c(cc1OCC)[C@H](c1cccc(C(=O)OC)c1)NCC2. The Labute approximate surface area is 154 Å². The molecule has 5 nitrogen and oxygen atoms in total. The molecule has 2 aromatic rings. The van der Waals surface area contributed by atoms with E-state index in [2.05, 4.69) is 17.4 Å². The van der Waals surface area contributed by atoms with Crippen LogP contribution in [0.3, 0.4) is 0 Å². The minimum atomic E-state index is -0.329. The summed E-state index contributed by atoms with van der Waals surface area (Å²) in [5.74, 6) is 1.22. The Bertz CT molecular complexity index is 788. The summed E-state index contributed by atoms with van der Waals surface area (Å²) in [7, 11) is 1.40. The molecule has 0 aromatic heterocycles. The predicted molar refractivity (Wildman–Crippen MR) is 100 cm³/mol. The number of fused-ring (bicyclic) bond motifs is 1. The van der Waals surface area contributed by atoms with Gasteiger partial charge in [0.1, 0.15) is 0 Å². The second-order valence-corrected chi connectivity index (χ2v) is 6.12. The molecule has 0 radical (unpaired) electrons. The van der Waals surface area contributed by atoms with E-state index < -0.39 is 0 Å². The van der Waals surface area contributed by atoms with Gasteiger partial charge in [0, 0.05) is 6.54 Å². The van der Waals surface area contributed by atoms with E-state index in [4.69, 9.17) is 14.2 Å². The summed E-state index contributed by atoms with van der Waals surface area (Å²) < 4.78 is 16.4. The monoisotopic (exact) mass is 355 g/mol. The van der Waals surface area contributed by atoms with Crippen LogP contribution in [0.5, 0.6) is 11.5 Å². The van der Waals surface area contributed by atoms with Crippen molar-refractivity contribution in [2.24, 2.45) is 0 Å². The number of rotatable bonds is 6. The Hall–Kier alpha value is -2.53. The van der Waals surface area contributed by atoms with Crippen molar-refractivity contribution in [2.45, 2.75) is 26.3 Å². The second kappa shape index (κ2) is 8.23. The number of hydrogen-bond acceptors (Lipinski definition) is 5. The van der Waals surface area contributed by atoms with Gasteiger partial charge in [-0.05, 0) is 61.2 Å². The molecular formula is C21H25NO4. The van der Waals surface area contributed by atoms with Crippen LogP contribution in [-0.2, 0) is 11.2 Å². The van der Waals surface area contributed by atoms with Gasteiger partial charge in [-0.3, -0.25) is 0 Å². The van der Waals surface area contributed by atoms with Crippen LogP contribution < -0.4 is 14.8 Å². The molecule has 0 aliphatic carbocycles. The van der Waals surface area contributed by atoms with E-state index in [1.807, 2.05) is 32.0 Å². The normalized spacial score (nSPS) is 15.9. The molecule has 0 bridgehead atoms. The molecular weight excluding hydrogens is 330 g/mol. The van der Waals surface area contributed by atoms with E-state index in [-0.39, 0.29) is 12.0 Å². The summed E-state index contributed by atoms with van der Waals surface area (Å²) in [4.78, 5) is 11.9. The summed E-state index contributed by atoms with van der Waals surface area (Å²) in [6.07, 6.45) is 0.926. The molecule has 0 spiro atoms. The third-order valence-corrected chi connectivity index (χ3v) is 4.50. The van der Waals surface area contributed by atoms with Crippen LogP contribution in [0.2, 0.25) is 0 Å². The molecule has 138 valence electrons. The fourth-order valence-corrected chi connectivity index (χ4v) is 3.36. The summed E-state index contributed by atoms with van der Waals surface area (Å²) in [6.45, 7) is 5.97. The lowest BCUT2D eigenvalue weighted by atomic mass is 9.89. The molecule has 2 aromatic carbocycles. The fraction of sp³-hybridized carbons (Fsp3) is 0.381. The molecule has 26 heavy (non-hydrogen) atoms. The van der Waals surface area contributed by atoms with Gasteiger partial charge in [0.05, 0.1) is 31.9 Å². The van der Waals surface area contributed by atoms with Crippen LogP contribution >= 0.6 is 0 Å². The van der Waals surface area contributed by atoms with Crippen LogP contribution in [0, 0.1) is 0 Å². The van der Waals surface area contributed by atoms with E-state index in [9.17, 15) is 4.79 Å². The maximum absolute atomic E-state index is 11.9. The maximum Gasteiger partial charge on any atom is 0.337 e. The average molecular weight is 355 g/mol. The van der Waals surface area contributed by atoms with Gasteiger partial charge in [-0.1, -0.05) is 12.1 Å². The third-order valence-electron chi connectivity index (χ3n) is 4.50. The largest absolute Gasteiger partial charge is 0.490 e. The third kappa shape index (κ3) is 3.68. The van der Waals surface area contributed by atoms with E-state index in [1.54, 1.807) is 6.07 Å². The van der Waals surface area contributed by atoms with E-state index in [1.165, 1.54) is 12.7 Å². The highest BCUT2D eigenvalue weighted by Crippen LogP contribution is 2.38. The Morgan fingerprint density at radius 2 is 1.85 bits per heavy atom. The lowest BCUT2D eigenvalue weighted by Gasteiger charge is -2.29. The highest BCUT2D eigenvalue weighted by molar-refractivity contribution is 5.89. The summed E-state index contributed by atoms with van der Waals surface area (Å²) in [5, 5.41) is 3.55. The molecule has 1 aliphatic rings. The van der Waals surface area contributed by atoms with Crippen molar-refractivity contribution < 1.29 is 19.0 Å². The zero-order valence-corrected chi connectivity index (χ0v) is 15.5. The summed E-state index contributed by atoms with van der Waals surface area (Å²) in [6, 6.07) is 11.7. The minimum Gasteiger partial charge on any atom is -0.490 e. The fourth-order valence-electron chi connectivity index (χ4n) is 3.36. The number of hydrogen-bond donors (Lipinski definition) is 1. The number of carbonyl (C=O) groups is 1. The van der Waals surface area contributed by atoms with Crippen molar-refractivity contribution in [1.82, 2.24) is 5.32 Å². The van der Waals surface area contributed by atoms with Gasteiger partial charge in [0.15, 0.2) is 11.5 Å². The van der Waals surface area contributed by atoms with Gasteiger partial charge in [-0.2, -0.15) is 0 Å². The van der Waals surface area contributed by atoms with Gasteiger partial charge >= 0.3 is 5.97 Å². The first-order valence-corrected chi connectivity index (χ1v) is 9.02. The molecule has 0 unspecified atom stereocenters. The van der Waals surface area contributed by atoms with Gasteiger partial charge in [0.25, 0.3) is 0 Å². The first kappa shape index (κ1) is 18.3. The van der Waals surface area contributed by atoms with Crippen LogP contribution in [-0.4, -0.2) is 32.8 Å². The van der Waals surface area contributed by atoms with Crippen molar-refractivity contribution in [3.8, 4) is 11.5 Å². The molecule has 5 heteroatoms.